The molecule has 0 aliphatic heterocycles. The molecule has 0 atom stereocenters. The largest absolute Gasteiger partial charge is 0.489 e. The molecule has 0 unspecified atom stereocenters. The number of carboxylic acids is 1. The van der Waals surface area contributed by atoms with Crippen LogP contribution in [-0.4, -0.2) is 16.2 Å². The number of hydrogen-bond donors (Lipinski definition) is 1. The maximum Gasteiger partial charge on any atom is 0.335 e. The van der Waals surface area contributed by atoms with E-state index in [2.05, 4.69) is 17.0 Å². The van der Waals surface area contributed by atoms with Gasteiger partial charge >= 0.3 is 5.97 Å². The summed E-state index contributed by atoms with van der Waals surface area (Å²) >= 11 is 12.8. The first-order valence-corrected chi connectivity index (χ1v) is 11.8. The van der Waals surface area contributed by atoms with Crippen molar-refractivity contribution in [3.05, 3.63) is 105 Å². The monoisotopic (exact) mass is 503 g/mol. The summed E-state index contributed by atoms with van der Waals surface area (Å²) in [5.41, 5.74) is 3.72. The van der Waals surface area contributed by atoms with Gasteiger partial charge in [0.1, 0.15) is 23.8 Å². The minimum absolute atomic E-state index is 0.206. The number of hydrogen-bond acceptors (Lipinski definition) is 4. The number of carbonyl (C=O) groups is 1. The van der Waals surface area contributed by atoms with E-state index in [1.165, 1.54) is 6.07 Å². The first kappa shape index (κ1) is 23.0. The Morgan fingerprint density at radius 2 is 1.69 bits per heavy atom. The highest BCUT2D eigenvalue weighted by atomic mass is 35.5. The summed E-state index contributed by atoms with van der Waals surface area (Å²) < 4.78 is 11.8. The molecule has 1 aliphatic rings. The first-order chi connectivity index (χ1) is 17.0. The number of carboxylic acid groups (broad SMARTS) is 1. The van der Waals surface area contributed by atoms with E-state index >= 15 is 0 Å². The normalized spacial score (nSPS) is 12.6. The minimum Gasteiger partial charge on any atom is -0.489 e. The summed E-state index contributed by atoms with van der Waals surface area (Å²) in [6, 6.07) is 19.3. The van der Waals surface area contributed by atoms with Gasteiger partial charge in [-0.25, -0.2) is 4.79 Å². The molecule has 5 nitrogen and oxygen atoms in total. The quantitative estimate of drug-likeness (QED) is 0.281. The summed E-state index contributed by atoms with van der Waals surface area (Å²) in [5, 5.41) is 14.4. The van der Waals surface area contributed by atoms with Crippen molar-refractivity contribution in [1.82, 2.24) is 5.16 Å². The molecule has 1 saturated carbocycles. The average Bonchev–Trinajstić information content (AvgIpc) is 3.62. The lowest BCUT2D eigenvalue weighted by atomic mass is 10.0. The number of rotatable bonds is 6. The van der Waals surface area contributed by atoms with Crippen molar-refractivity contribution in [2.45, 2.75) is 25.4 Å². The van der Waals surface area contributed by atoms with Gasteiger partial charge < -0.3 is 14.4 Å². The van der Waals surface area contributed by atoms with Crippen LogP contribution in [0.15, 0.2) is 71.3 Å². The van der Waals surface area contributed by atoms with Crippen LogP contribution in [-0.2, 0) is 6.61 Å². The van der Waals surface area contributed by atoms with Crippen LogP contribution in [0.2, 0.25) is 10.0 Å². The maximum absolute atomic E-state index is 11.1. The second-order valence-electron chi connectivity index (χ2n) is 8.19. The van der Waals surface area contributed by atoms with Crippen LogP contribution in [0.4, 0.5) is 0 Å². The molecule has 4 aromatic rings. The minimum atomic E-state index is -0.979. The molecule has 35 heavy (non-hydrogen) atoms. The van der Waals surface area contributed by atoms with E-state index in [9.17, 15) is 4.79 Å². The van der Waals surface area contributed by atoms with Gasteiger partial charge in [0.25, 0.3) is 0 Å². The van der Waals surface area contributed by atoms with Gasteiger partial charge in [-0.1, -0.05) is 52.3 Å². The third-order valence-electron chi connectivity index (χ3n) is 5.66. The molecule has 1 aromatic heterocycles. The number of aromatic nitrogens is 1. The van der Waals surface area contributed by atoms with Crippen LogP contribution in [0, 0.1) is 11.8 Å². The fourth-order valence-electron chi connectivity index (χ4n) is 3.71. The predicted octanol–water partition coefficient (Wildman–Crippen LogP) is 7.20. The van der Waals surface area contributed by atoms with Crippen LogP contribution in [0.1, 0.15) is 51.6 Å². The van der Waals surface area contributed by atoms with Crippen molar-refractivity contribution < 1.29 is 19.2 Å². The molecule has 1 aliphatic carbocycles. The van der Waals surface area contributed by atoms with Crippen molar-refractivity contribution in [3.63, 3.8) is 0 Å². The van der Waals surface area contributed by atoms with Gasteiger partial charge in [0.2, 0.25) is 0 Å². The molecule has 0 radical (unpaired) electrons. The molecule has 3 aromatic carbocycles. The zero-order chi connectivity index (χ0) is 24.4. The molecule has 174 valence electrons. The van der Waals surface area contributed by atoms with E-state index in [4.69, 9.17) is 37.6 Å². The van der Waals surface area contributed by atoms with Gasteiger partial charge in [-0.15, -0.1) is 0 Å². The Bertz CT molecular complexity index is 1440. The topological polar surface area (TPSA) is 72.6 Å². The van der Waals surface area contributed by atoms with Crippen LogP contribution >= 0.6 is 23.2 Å². The third kappa shape index (κ3) is 5.19. The lowest BCUT2D eigenvalue weighted by molar-refractivity contribution is 0.0697. The van der Waals surface area contributed by atoms with Gasteiger partial charge in [-0.05, 0) is 67.4 Å². The van der Waals surface area contributed by atoms with Crippen molar-refractivity contribution in [1.29, 1.82) is 0 Å². The molecular formula is C28H19Cl2NO4. The molecule has 5 rings (SSSR count). The number of aromatic carboxylic acids is 1. The van der Waals surface area contributed by atoms with Crippen LogP contribution in [0.5, 0.6) is 5.75 Å². The Morgan fingerprint density at radius 1 is 1.00 bits per heavy atom. The SMILES string of the molecule is O=C(O)c1cccc(C#Cc2ccc(OCc3c(-c4c(Cl)cccc4Cl)noc3C3CC3)cc2)c1. The maximum atomic E-state index is 11.1. The summed E-state index contributed by atoms with van der Waals surface area (Å²) in [6.45, 7) is 0.263. The Morgan fingerprint density at radius 3 is 2.37 bits per heavy atom. The van der Waals surface area contributed by atoms with Crippen molar-refractivity contribution in [3.8, 4) is 28.8 Å². The molecule has 0 amide bonds. The summed E-state index contributed by atoms with van der Waals surface area (Å²) in [7, 11) is 0. The molecule has 7 heteroatoms. The molecule has 0 bridgehead atoms. The Labute approximate surface area is 212 Å². The van der Waals surface area contributed by atoms with Gasteiger partial charge in [-0.2, -0.15) is 0 Å². The van der Waals surface area contributed by atoms with Gasteiger partial charge in [-0.3, -0.25) is 0 Å². The zero-order valence-corrected chi connectivity index (χ0v) is 19.9. The summed E-state index contributed by atoms with van der Waals surface area (Å²) in [6.07, 6.45) is 2.11. The lowest BCUT2D eigenvalue weighted by Gasteiger charge is -2.09. The van der Waals surface area contributed by atoms with E-state index < -0.39 is 5.97 Å². The predicted molar refractivity (Wildman–Crippen MR) is 134 cm³/mol. The molecule has 1 heterocycles. The van der Waals surface area contributed by atoms with Gasteiger partial charge in [0, 0.05) is 22.6 Å². The fourth-order valence-corrected chi connectivity index (χ4v) is 4.29. The number of benzene rings is 3. The Hall–Kier alpha value is -3.72. The molecular weight excluding hydrogens is 485 g/mol. The molecule has 0 saturated heterocycles. The molecule has 1 N–H and O–H groups in total. The van der Waals surface area contributed by atoms with E-state index in [0.717, 1.165) is 29.7 Å². The first-order valence-electron chi connectivity index (χ1n) is 11.0. The van der Waals surface area contributed by atoms with Crippen molar-refractivity contribution in [2.24, 2.45) is 0 Å². The Kier molecular flexibility index (Phi) is 6.50. The van der Waals surface area contributed by atoms with Crippen molar-refractivity contribution >= 4 is 29.2 Å². The third-order valence-corrected chi connectivity index (χ3v) is 6.29. The van der Waals surface area contributed by atoms with Gasteiger partial charge in [0.05, 0.1) is 21.2 Å². The second kappa shape index (κ2) is 9.87. The fraction of sp³-hybridized carbons (Fsp3) is 0.143. The standard InChI is InChI=1S/C28H19Cl2NO4/c29-23-5-2-6-24(30)25(23)26-22(27(35-31-26)19-11-12-19)16-34-21-13-9-17(10-14-21)7-8-18-3-1-4-20(15-18)28(32)33/h1-6,9-10,13-15,19H,11-12,16H2,(H,32,33). The van der Waals surface area contributed by atoms with Gasteiger partial charge in [0.15, 0.2) is 0 Å². The van der Waals surface area contributed by atoms with Crippen LogP contribution < -0.4 is 4.74 Å². The second-order valence-corrected chi connectivity index (χ2v) is 9.01. The number of ether oxygens (including phenoxy) is 1. The summed E-state index contributed by atoms with van der Waals surface area (Å²) in [4.78, 5) is 11.1. The summed E-state index contributed by atoms with van der Waals surface area (Å²) in [5.74, 6) is 6.89. The van der Waals surface area contributed by atoms with Crippen molar-refractivity contribution in [2.75, 3.05) is 0 Å². The number of nitrogens with zero attached hydrogens (tertiary/aromatic N) is 1. The highest BCUT2D eigenvalue weighted by molar-refractivity contribution is 6.39. The van der Waals surface area contributed by atoms with E-state index in [-0.39, 0.29) is 12.2 Å². The Balaban J connectivity index is 1.34. The van der Waals surface area contributed by atoms with E-state index in [1.807, 2.05) is 24.3 Å². The molecule has 1 fully saturated rings. The van der Waals surface area contributed by atoms with Crippen LogP contribution in [0.3, 0.4) is 0 Å². The van der Waals surface area contributed by atoms with Crippen LogP contribution in [0.25, 0.3) is 11.3 Å². The zero-order valence-electron chi connectivity index (χ0n) is 18.4. The average molecular weight is 504 g/mol. The highest BCUT2D eigenvalue weighted by Crippen LogP contribution is 2.46. The molecule has 0 spiro atoms. The van der Waals surface area contributed by atoms with E-state index in [1.54, 1.807) is 36.4 Å². The highest BCUT2D eigenvalue weighted by Gasteiger charge is 2.33. The lowest BCUT2D eigenvalue weighted by Crippen LogP contribution is -2.00. The smallest absolute Gasteiger partial charge is 0.335 e. The number of halogens is 2. The van der Waals surface area contributed by atoms with E-state index in [0.29, 0.717) is 38.5 Å².